The molecule has 2 heterocycles. The maximum Gasteiger partial charge on any atom is 0.200 e. The Morgan fingerprint density at radius 2 is 1.91 bits per heavy atom. The molecular weight excluding hydrogens is 486 g/mol. The minimum atomic E-state index is -1.99. The standard InChI is InChI=1S/C25H36BrNO4Si/c1-14(2)32(15(3)4,16(5)6)30-13-18-11-25-8-7-19(28)10-21(25)31-24-22(25)17(12-27-18)9-20(29)23(24)26/h7-9,14-16,18,21,27,29H,10-13H2,1-6H3/t18-,21?,25?/m0/s1. The van der Waals surface area contributed by atoms with Gasteiger partial charge in [0, 0.05) is 31.2 Å². The van der Waals surface area contributed by atoms with Crippen LogP contribution in [0.2, 0.25) is 16.6 Å². The fraction of sp³-hybridized carbons (Fsp3) is 0.640. The van der Waals surface area contributed by atoms with Crippen LogP contribution in [0.5, 0.6) is 11.5 Å². The van der Waals surface area contributed by atoms with Gasteiger partial charge in [-0.25, -0.2) is 0 Å². The van der Waals surface area contributed by atoms with Crippen LogP contribution in [0, 0.1) is 0 Å². The number of rotatable bonds is 6. The number of allylic oxidation sites excluding steroid dienone is 1. The lowest BCUT2D eigenvalue weighted by Crippen LogP contribution is -2.51. The van der Waals surface area contributed by atoms with Crippen molar-refractivity contribution in [3.63, 3.8) is 0 Å². The summed E-state index contributed by atoms with van der Waals surface area (Å²) in [6, 6.07) is 1.95. The Morgan fingerprint density at radius 3 is 2.53 bits per heavy atom. The Bertz CT molecular complexity index is 923. The molecular formula is C25H36BrNO4Si. The number of phenolic OH excluding ortho intramolecular Hbond substituents is 1. The Hall–Kier alpha value is -1.15. The second-order valence-corrected chi connectivity index (χ2v) is 16.9. The van der Waals surface area contributed by atoms with Gasteiger partial charge in [-0.2, -0.15) is 0 Å². The van der Waals surface area contributed by atoms with Crippen LogP contribution in [0.1, 0.15) is 65.5 Å². The fourth-order valence-corrected chi connectivity index (χ4v) is 12.5. The first-order chi connectivity index (χ1) is 15.0. The Kier molecular flexibility index (Phi) is 6.42. The highest BCUT2D eigenvalue weighted by Gasteiger charge is 2.54. The normalized spacial score (nSPS) is 27.0. The van der Waals surface area contributed by atoms with Gasteiger partial charge in [-0.3, -0.25) is 4.79 Å². The second kappa shape index (κ2) is 8.57. The van der Waals surface area contributed by atoms with Crippen molar-refractivity contribution in [3.05, 3.63) is 33.8 Å². The molecule has 5 nitrogen and oxygen atoms in total. The summed E-state index contributed by atoms with van der Waals surface area (Å²) in [5.74, 6) is 0.944. The van der Waals surface area contributed by atoms with Crippen LogP contribution >= 0.6 is 15.9 Å². The zero-order valence-electron chi connectivity index (χ0n) is 20.0. The summed E-state index contributed by atoms with van der Waals surface area (Å²) in [6.45, 7) is 15.1. The molecule has 4 rings (SSSR count). The van der Waals surface area contributed by atoms with Crippen LogP contribution in [0.15, 0.2) is 22.7 Å². The number of hydrogen-bond acceptors (Lipinski definition) is 5. The molecule has 3 atom stereocenters. The predicted octanol–water partition coefficient (Wildman–Crippen LogP) is 5.74. The highest BCUT2D eigenvalue weighted by atomic mass is 79.9. The summed E-state index contributed by atoms with van der Waals surface area (Å²) in [7, 11) is -1.99. The number of ether oxygens (including phenoxy) is 1. The molecule has 3 aliphatic rings. The molecule has 0 saturated heterocycles. The molecule has 1 aliphatic carbocycles. The molecule has 2 aliphatic heterocycles. The van der Waals surface area contributed by atoms with Crippen molar-refractivity contribution in [3.8, 4) is 11.5 Å². The highest BCUT2D eigenvalue weighted by Crippen LogP contribution is 2.56. The molecule has 7 heteroatoms. The van der Waals surface area contributed by atoms with E-state index in [0.717, 1.165) is 17.5 Å². The van der Waals surface area contributed by atoms with E-state index in [1.54, 1.807) is 6.08 Å². The number of ketones is 1. The van der Waals surface area contributed by atoms with Gasteiger partial charge in [0.25, 0.3) is 0 Å². The van der Waals surface area contributed by atoms with Gasteiger partial charge in [0.1, 0.15) is 22.1 Å². The number of carbonyl (C=O) groups excluding carboxylic acids is 1. The number of hydrogen-bond donors (Lipinski definition) is 2. The maximum absolute atomic E-state index is 12.3. The van der Waals surface area contributed by atoms with E-state index in [0.29, 0.717) is 46.4 Å². The first-order valence-electron chi connectivity index (χ1n) is 11.8. The van der Waals surface area contributed by atoms with Gasteiger partial charge in [0.15, 0.2) is 14.1 Å². The van der Waals surface area contributed by atoms with E-state index in [9.17, 15) is 9.90 Å². The van der Waals surface area contributed by atoms with E-state index >= 15 is 0 Å². The summed E-state index contributed by atoms with van der Waals surface area (Å²) in [5.41, 5.74) is 3.33. The third-order valence-corrected chi connectivity index (χ3v) is 14.8. The first kappa shape index (κ1) is 24.0. The van der Waals surface area contributed by atoms with E-state index in [4.69, 9.17) is 9.16 Å². The molecule has 2 unspecified atom stereocenters. The molecule has 0 aromatic heterocycles. The largest absolute Gasteiger partial charge is 0.507 e. The smallest absolute Gasteiger partial charge is 0.200 e. The number of halogens is 1. The first-order valence-corrected chi connectivity index (χ1v) is 14.8. The van der Waals surface area contributed by atoms with Crippen molar-refractivity contribution >= 4 is 30.0 Å². The van der Waals surface area contributed by atoms with Crippen LogP contribution in [-0.2, 0) is 21.2 Å². The lowest BCUT2D eigenvalue weighted by molar-refractivity contribution is -0.117. The average Bonchev–Trinajstić information content (AvgIpc) is 2.94. The van der Waals surface area contributed by atoms with Gasteiger partial charge in [-0.15, -0.1) is 0 Å². The molecule has 1 aromatic rings. The van der Waals surface area contributed by atoms with Crippen molar-refractivity contribution in [2.45, 2.75) is 95.1 Å². The third-order valence-electron chi connectivity index (χ3n) is 7.94. The zero-order valence-corrected chi connectivity index (χ0v) is 22.6. The van der Waals surface area contributed by atoms with Crippen molar-refractivity contribution in [1.82, 2.24) is 5.32 Å². The number of benzene rings is 1. The molecule has 0 radical (unpaired) electrons. The topological polar surface area (TPSA) is 67.8 Å². The van der Waals surface area contributed by atoms with Crippen LogP contribution in [0.25, 0.3) is 0 Å². The SMILES string of the molecule is CC(C)[Si](OC[C@@H]1CC23C=CC(=O)CC2Oc2c(Br)c(O)cc(c23)CN1)(C(C)C)C(C)C. The number of nitrogens with one attached hydrogen (secondary N) is 1. The summed E-state index contributed by atoms with van der Waals surface area (Å²) in [4.78, 5) is 12.3. The average molecular weight is 523 g/mol. The molecule has 0 amide bonds. The van der Waals surface area contributed by atoms with Gasteiger partial charge >= 0.3 is 0 Å². The Morgan fingerprint density at radius 1 is 1.25 bits per heavy atom. The van der Waals surface area contributed by atoms with E-state index in [1.165, 1.54) is 0 Å². The van der Waals surface area contributed by atoms with Crippen molar-refractivity contribution < 1.29 is 19.1 Å². The van der Waals surface area contributed by atoms with Gasteiger partial charge < -0.3 is 19.6 Å². The van der Waals surface area contributed by atoms with Crippen LogP contribution in [-0.4, -0.2) is 38.0 Å². The van der Waals surface area contributed by atoms with Crippen LogP contribution in [0.3, 0.4) is 0 Å². The van der Waals surface area contributed by atoms with Crippen molar-refractivity contribution in [1.29, 1.82) is 0 Å². The lowest BCUT2D eigenvalue weighted by atomic mass is 9.68. The fourth-order valence-electron chi connectivity index (χ4n) is 6.65. The van der Waals surface area contributed by atoms with Crippen LogP contribution < -0.4 is 10.1 Å². The minimum Gasteiger partial charge on any atom is -0.507 e. The van der Waals surface area contributed by atoms with Crippen LogP contribution in [0.4, 0.5) is 0 Å². The zero-order chi connectivity index (χ0) is 23.4. The molecule has 0 fully saturated rings. The monoisotopic (exact) mass is 521 g/mol. The molecule has 1 spiro atoms. The molecule has 32 heavy (non-hydrogen) atoms. The molecule has 2 N–H and O–H groups in total. The molecule has 1 aromatic carbocycles. The summed E-state index contributed by atoms with van der Waals surface area (Å²) < 4.78 is 13.9. The summed E-state index contributed by atoms with van der Waals surface area (Å²) >= 11 is 3.51. The number of carbonyl (C=O) groups is 1. The summed E-state index contributed by atoms with van der Waals surface area (Å²) in [5, 5.41) is 14.2. The predicted molar refractivity (Wildman–Crippen MR) is 133 cm³/mol. The quantitative estimate of drug-likeness (QED) is 0.467. The number of phenols is 1. The van der Waals surface area contributed by atoms with Gasteiger partial charge in [0.2, 0.25) is 0 Å². The Labute approximate surface area is 201 Å². The maximum atomic E-state index is 12.3. The molecule has 176 valence electrons. The van der Waals surface area contributed by atoms with Crippen molar-refractivity contribution in [2.24, 2.45) is 0 Å². The molecule has 0 saturated carbocycles. The third kappa shape index (κ3) is 3.60. The van der Waals surface area contributed by atoms with Crippen molar-refractivity contribution in [2.75, 3.05) is 6.61 Å². The number of aromatic hydroxyl groups is 1. The lowest BCUT2D eigenvalue weighted by Gasteiger charge is -2.43. The van der Waals surface area contributed by atoms with E-state index in [2.05, 4.69) is 68.9 Å². The highest BCUT2D eigenvalue weighted by molar-refractivity contribution is 9.10. The van der Waals surface area contributed by atoms with E-state index in [-0.39, 0.29) is 29.1 Å². The Balaban J connectivity index is 1.70. The van der Waals surface area contributed by atoms with Gasteiger partial charge in [-0.05, 0) is 56.7 Å². The molecule has 0 bridgehead atoms. The van der Waals surface area contributed by atoms with E-state index < -0.39 is 8.32 Å². The second-order valence-electron chi connectivity index (χ2n) is 10.6. The van der Waals surface area contributed by atoms with Gasteiger partial charge in [0.05, 0.1) is 5.41 Å². The van der Waals surface area contributed by atoms with E-state index in [1.807, 2.05) is 6.07 Å². The van der Waals surface area contributed by atoms with Gasteiger partial charge in [-0.1, -0.05) is 47.6 Å². The minimum absolute atomic E-state index is 0.0891. The summed E-state index contributed by atoms with van der Waals surface area (Å²) in [6.07, 6.45) is 4.68.